The van der Waals surface area contributed by atoms with E-state index in [0.717, 1.165) is 21.3 Å². The molecular formula is C23H18BrN3O. The van der Waals surface area contributed by atoms with E-state index in [0.29, 0.717) is 5.56 Å². The molecule has 1 unspecified atom stereocenters. The van der Waals surface area contributed by atoms with Crippen LogP contribution in [0.15, 0.2) is 95.6 Å². The lowest BCUT2D eigenvalue weighted by atomic mass is 9.98. The van der Waals surface area contributed by atoms with Crippen molar-refractivity contribution >= 4 is 21.7 Å². The highest BCUT2D eigenvalue weighted by Crippen LogP contribution is 2.25. The third kappa shape index (κ3) is 4.10. The van der Waals surface area contributed by atoms with Crippen LogP contribution in [0.4, 0.5) is 0 Å². The monoisotopic (exact) mass is 431 g/mol. The molecule has 4 nitrogen and oxygen atoms in total. The Morgan fingerprint density at radius 2 is 1.54 bits per heavy atom. The molecule has 4 rings (SSSR count). The number of Topliss-reactive ketones (excluding diaryl/α,β-unsaturated/α-hetero) is 1. The summed E-state index contributed by atoms with van der Waals surface area (Å²) in [6.07, 6.45) is 2.03. The first-order valence-corrected chi connectivity index (χ1v) is 9.81. The van der Waals surface area contributed by atoms with E-state index in [-0.39, 0.29) is 18.2 Å². The van der Waals surface area contributed by atoms with Gasteiger partial charge in [-0.2, -0.15) is 15.0 Å². The molecule has 138 valence electrons. The van der Waals surface area contributed by atoms with Crippen molar-refractivity contribution in [1.29, 1.82) is 0 Å². The predicted octanol–water partition coefficient (Wildman–Crippen LogP) is 5.57. The summed E-state index contributed by atoms with van der Waals surface area (Å²) in [6.45, 7) is 0. The van der Waals surface area contributed by atoms with Crippen LogP contribution in [0.25, 0.3) is 11.3 Å². The molecule has 0 radical (unpaired) electrons. The van der Waals surface area contributed by atoms with Crippen LogP contribution < -0.4 is 0 Å². The largest absolute Gasteiger partial charge is 0.294 e. The molecule has 0 aliphatic carbocycles. The summed E-state index contributed by atoms with van der Waals surface area (Å²) in [7, 11) is 0. The summed E-state index contributed by atoms with van der Waals surface area (Å²) in [5.74, 6) is 0.0555. The van der Waals surface area contributed by atoms with Gasteiger partial charge in [-0.25, -0.2) is 0 Å². The maximum Gasteiger partial charge on any atom is 0.165 e. The molecule has 1 heterocycles. The van der Waals surface area contributed by atoms with Crippen molar-refractivity contribution in [3.63, 3.8) is 0 Å². The summed E-state index contributed by atoms with van der Waals surface area (Å²) in [5.41, 5.74) is 3.47. The lowest BCUT2D eigenvalue weighted by molar-refractivity contribution is 0.0964. The first-order valence-electron chi connectivity index (χ1n) is 9.01. The maximum absolute atomic E-state index is 12.9. The van der Waals surface area contributed by atoms with Crippen molar-refractivity contribution in [2.24, 2.45) is 0 Å². The van der Waals surface area contributed by atoms with Gasteiger partial charge in [0.2, 0.25) is 0 Å². The molecule has 5 heteroatoms. The Hall–Kier alpha value is -3.05. The van der Waals surface area contributed by atoms with Crippen LogP contribution in [0, 0.1) is 0 Å². The SMILES string of the molecule is O=C(CC(c1ccccc1)n1ncc(-c2ccccc2)n1)c1ccc(Br)cc1. The molecule has 0 amide bonds. The Balaban J connectivity index is 1.66. The van der Waals surface area contributed by atoms with Crippen molar-refractivity contribution in [3.8, 4) is 11.3 Å². The molecule has 4 aromatic rings. The average molecular weight is 432 g/mol. The topological polar surface area (TPSA) is 47.8 Å². The number of hydrogen-bond donors (Lipinski definition) is 0. The Morgan fingerprint density at radius 3 is 2.21 bits per heavy atom. The zero-order chi connectivity index (χ0) is 19.3. The molecule has 0 saturated carbocycles. The lowest BCUT2D eigenvalue weighted by Crippen LogP contribution is -2.18. The van der Waals surface area contributed by atoms with Gasteiger partial charge >= 0.3 is 0 Å². The van der Waals surface area contributed by atoms with Crippen LogP contribution in [0.2, 0.25) is 0 Å². The summed E-state index contributed by atoms with van der Waals surface area (Å²) in [6, 6.07) is 27.0. The van der Waals surface area contributed by atoms with E-state index in [1.165, 1.54) is 0 Å². The van der Waals surface area contributed by atoms with Crippen molar-refractivity contribution in [2.75, 3.05) is 0 Å². The molecule has 0 aliphatic rings. The zero-order valence-electron chi connectivity index (χ0n) is 15.1. The Kier molecular flexibility index (Phi) is 5.44. The van der Waals surface area contributed by atoms with Gasteiger partial charge in [0.15, 0.2) is 5.78 Å². The highest BCUT2D eigenvalue weighted by atomic mass is 79.9. The van der Waals surface area contributed by atoms with Gasteiger partial charge in [-0.3, -0.25) is 4.79 Å². The van der Waals surface area contributed by atoms with Gasteiger partial charge in [-0.1, -0.05) is 88.7 Å². The third-order valence-corrected chi connectivity index (χ3v) is 5.11. The van der Waals surface area contributed by atoms with E-state index in [4.69, 9.17) is 0 Å². The molecule has 28 heavy (non-hydrogen) atoms. The van der Waals surface area contributed by atoms with E-state index < -0.39 is 0 Å². The molecule has 0 saturated heterocycles. The minimum absolute atomic E-state index is 0.0555. The first kappa shape index (κ1) is 18.3. The number of halogens is 1. The van der Waals surface area contributed by atoms with E-state index in [9.17, 15) is 4.79 Å². The molecule has 0 N–H and O–H groups in total. The lowest BCUT2D eigenvalue weighted by Gasteiger charge is -2.16. The fourth-order valence-electron chi connectivity index (χ4n) is 3.10. The zero-order valence-corrected chi connectivity index (χ0v) is 16.7. The van der Waals surface area contributed by atoms with Gasteiger partial charge < -0.3 is 0 Å². The van der Waals surface area contributed by atoms with Crippen molar-refractivity contribution in [2.45, 2.75) is 12.5 Å². The maximum atomic E-state index is 12.9. The minimum atomic E-state index is -0.269. The number of aromatic nitrogens is 3. The van der Waals surface area contributed by atoms with Crippen LogP contribution in [0.1, 0.15) is 28.4 Å². The van der Waals surface area contributed by atoms with Gasteiger partial charge in [-0.15, -0.1) is 0 Å². The fourth-order valence-corrected chi connectivity index (χ4v) is 3.37. The van der Waals surface area contributed by atoms with Gasteiger partial charge in [0, 0.05) is 22.0 Å². The molecule has 0 aliphatic heterocycles. The molecule has 0 spiro atoms. The second-order valence-electron chi connectivity index (χ2n) is 6.48. The summed E-state index contributed by atoms with van der Waals surface area (Å²) >= 11 is 3.41. The van der Waals surface area contributed by atoms with E-state index >= 15 is 0 Å². The van der Waals surface area contributed by atoms with Crippen molar-refractivity contribution in [1.82, 2.24) is 15.0 Å². The van der Waals surface area contributed by atoms with Crippen LogP contribution in [0.3, 0.4) is 0 Å². The standard InChI is InChI=1S/C23H18BrN3O/c24-20-13-11-19(12-14-20)23(28)15-22(18-9-5-2-6-10-18)27-25-16-21(26-27)17-7-3-1-4-8-17/h1-14,16,22H,15H2. The Morgan fingerprint density at radius 1 is 0.893 bits per heavy atom. The quantitative estimate of drug-likeness (QED) is 0.375. The summed E-state index contributed by atoms with van der Waals surface area (Å²) in [4.78, 5) is 14.6. The number of benzene rings is 3. The minimum Gasteiger partial charge on any atom is -0.294 e. The third-order valence-electron chi connectivity index (χ3n) is 4.59. The van der Waals surface area contributed by atoms with Gasteiger partial charge in [0.1, 0.15) is 11.7 Å². The van der Waals surface area contributed by atoms with Crippen LogP contribution >= 0.6 is 15.9 Å². The molecule has 0 bridgehead atoms. The van der Waals surface area contributed by atoms with Crippen molar-refractivity contribution < 1.29 is 4.79 Å². The van der Waals surface area contributed by atoms with Gasteiger partial charge in [0.05, 0.1) is 6.20 Å². The van der Waals surface area contributed by atoms with Crippen LogP contribution in [0.5, 0.6) is 0 Å². The number of carbonyl (C=O) groups excluding carboxylic acids is 1. The number of hydrogen-bond acceptors (Lipinski definition) is 3. The molecule has 0 fully saturated rings. The first-order chi connectivity index (χ1) is 13.7. The second-order valence-corrected chi connectivity index (χ2v) is 7.39. The van der Waals surface area contributed by atoms with Crippen LogP contribution in [-0.4, -0.2) is 20.8 Å². The molecule has 1 aromatic heterocycles. The van der Waals surface area contributed by atoms with Gasteiger partial charge in [-0.05, 0) is 17.7 Å². The van der Waals surface area contributed by atoms with Crippen molar-refractivity contribution in [3.05, 3.63) is 107 Å². The number of nitrogens with zero attached hydrogens (tertiary/aromatic N) is 3. The average Bonchev–Trinajstić information content (AvgIpc) is 3.23. The number of ketones is 1. The molecule has 1 atom stereocenters. The summed E-state index contributed by atoms with van der Waals surface area (Å²) in [5, 5.41) is 9.14. The van der Waals surface area contributed by atoms with Crippen LogP contribution in [-0.2, 0) is 0 Å². The normalized spacial score (nSPS) is 11.9. The van der Waals surface area contributed by atoms with E-state index in [2.05, 4.69) is 26.1 Å². The number of carbonyl (C=O) groups is 1. The fraction of sp³-hybridized carbons (Fsp3) is 0.0870. The summed E-state index contributed by atoms with van der Waals surface area (Å²) < 4.78 is 0.949. The smallest absolute Gasteiger partial charge is 0.165 e. The number of rotatable bonds is 6. The second kappa shape index (κ2) is 8.31. The van der Waals surface area contributed by atoms with Gasteiger partial charge in [0.25, 0.3) is 0 Å². The predicted molar refractivity (Wildman–Crippen MR) is 113 cm³/mol. The molecule has 3 aromatic carbocycles. The highest BCUT2D eigenvalue weighted by molar-refractivity contribution is 9.10. The highest BCUT2D eigenvalue weighted by Gasteiger charge is 2.21. The Bertz CT molecular complexity index is 1060. The van der Waals surface area contributed by atoms with E-state index in [1.807, 2.05) is 84.9 Å². The Labute approximate surface area is 172 Å². The van der Waals surface area contributed by atoms with E-state index in [1.54, 1.807) is 11.0 Å². The molecular weight excluding hydrogens is 414 g/mol.